The minimum absolute atomic E-state index is 0.269. The summed E-state index contributed by atoms with van der Waals surface area (Å²) in [5, 5.41) is 0. The Labute approximate surface area is 63.5 Å². The Morgan fingerprint density at radius 3 is 2.10 bits per heavy atom. The molecule has 62 valence electrons. The van der Waals surface area contributed by atoms with E-state index in [0.29, 0.717) is 12.5 Å². The molecule has 0 rings (SSSR count). The lowest BCUT2D eigenvalue weighted by Gasteiger charge is -2.15. The molecule has 0 saturated carbocycles. The van der Waals surface area contributed by atoms with Crippen molar-refractivity contribution >= 4 is 0 Å². The molecule has 2 heteroatoms. The van der Waals surface area contributed by atoms with Crippen molar-refractivity contribution in [2.45, 2.75) is 26.4 Å². The van der Waals surface area contributed by atoms with Crippen LogP contribution in [-0.2, 0) is 9.47 Å². The SMILES string of the molecule is COC[C@H](CC(C)C)OC. The molecule has 2 nitrogen and oxygen atoms in total. The molecule has 0 aromatic rings. The fraction of sp³-hybridized carbons (Fsp3) is 1.00. The Morgan fingerprint density at radius 2 is 1.80 bits per heavy atom. The molecule has 0 fully saturated rings. The third-order valence-electron chi connectivity index (χ3n) is 1.42. The third kappa shape index (κ3) is 4.77. The first kappa shape index (κ1) is 9.92. The molecule has 0 unspecified atom stereocenters. The zero-order valence-electron chi connectivity index (χ0n) is 7.39. The molecule has 0 aromatic carbocycles. The minimum Gasteiger partial charge on any atom is -0.382 e. The molecule has 0 amide bonds. The van der Waals surface area contributed by atoms with Gasteiger partial charge >= 0.3 is 0 Å². The van der Waals surface area contributed by atoms with Gasteiger partial charge in [-0.25, -0.2) is 0 Å². The first-order chi connectivity index (χ1) is 4.70. The van der Waals surface area contributed by atoms with E-state index < -0.39 is 0 Å². The molecule has 10 heavy (non-hydrogen) atoms. The van der Waals surface area contributed by atoms with E-state index in [2.05, 4.69) is 13.8 Å². The van der Waals surface area contributed by atoms with Gasteiger partial charge in [-0.15, -0.1) is 0 Å². The standard InChI is InChI=1S/C8H18O2/c1-7(2)5-8(10-4)6-9-3/h7-8H,5-6H2,1-4H3/t8-/m0/s1. The molecule has 0 heterocycles. The van der Waals surface area contributed by atoms with E-state index in [9.17, 15) is 0 Å². The summed E-state index contributed by atoms with van der Waals surface area (Å²) in [6.45, 7) is 5.07. The fourth-order valence-corrected chi connectivity index (χ4v) is 0.944. The van der Waals surface area contributed by atoms with Gasteiger partial charge in [-0.05, 0) is 12.3 Å². The molecule has 0 aliphatic rings. The van der Waals surface area contributed by atoms with Crippen LogP contribution >= 0.6 is 0 Å². The number of methoxy groups -OCH3 is 2. The summed E-state index contributed by atoms with van der Waals surface area (Å²) in [5.74, 6) is 0.681. The van der Waals surface area contributed by atoms with Crippen molar-refractivity contribution in [3.05, 3.63) is 0 Å². The largest absolute Gasteiger partial charge is 0.382 e. The van der Waals surface area contributed by atoms with E-state index in [1.165, 1.54) is 0 Å². The van der Waals surface area contributed by atoms with Gasteiger partial charge in [-0.1, -0.05) is 13.8 Å². The average Bonchev–Trinajstić information content (AvgIpc) is 1.86. The number of ether oxygens (including phenoxy) is 2. The van der Waals surface area contributed by atoms with Gasteiger partial charge in [0.2, 0.25) is 0 Å². The van der Waals surface area contributed by atoms with Crippen molar-refractivity contribution in [1.82, 2.24) is 0 Å². The zero-order valence-corrected chi connectivity index (χ0v) is 7.39. The molecule has 1 atom stereocenters. The van der Waals surface area contributed by atoms with Crippen LogP contribution in [0.1, 0.15) is 20.3 Å². The molecule has 0 saturated heterocycles. The van der Waals surface area contributed by atoms with Crippen molar-refractivity contribution < 1.29 is 9.47 Å². The summed E-state index contributed by atoms with van der Waals surface area (Å²) >= 11 is 0. The van der Waals surface area contributed by atoms with Gasteiger partial charge in [-0.2, -0.15) is 0 Å². The van der Waals surface area contributed by atoms with E-state index in [-0.39, 0.29) is 6.10 Å². The van der Waals surface area contributed by atoms with E-state index >= 15 is 0 Å². The summed E-state index contributed by atoms with van der Waals surface area (Å²) in [4.78, 5) is 0. The van der Waals surface area contributed by atoms with E-state index in [0.717, 1.165) is 6.42 Å². The summed E-state index contributed by atoms with van der Waals surface area (Å²) in [6, 6.07) is 0. The first-order valence-electron chi connectivity index (χ1n) is 3.72. The van der Waals surface area contributed by atoms with Crippen LogP contribution in [0.25, 0.3) is 0 Å². The molecule has 0 aliphatic heterocycles. The van der Waals surface area contributed by atoms with Gasteiger partial charge in [0, 0.05) is 14.2 Å². The number of hydrogen-bond donors (Lipinski definition) is 0. The molecule has 0 N–H and O–H groups in total. The molecule has 0 spiro atoms. The fourth-order valence-electron chi connectivity index (χ4n) is 0.944. The van der Waals surface area contributed by atoms with Gasteiger partial charge in [0.1, 0.15) is 0 Å². The lowest BCUT2D eigenvalue weighted by atomic mass is 10.1. The van der Waals surface area contributed by atoms with Crippen molar-refractivity contribution in [2.24, 2.45) is 5.92 Å². The minimum atomic E-state index is 0.269. The average molecular weight is 146 g/mol. The van der Waals surface area contributed by atoms with Crippen molar-refractivity contribution in [2.75, 3.05) is 20.8 Å². The van der Waals surface area contributed by atoms with Gasteiger partial charge in [0.15, 0.2) is 0 Å². The van der Waals surface area contributed by atoms with Crippen molar-refractivity contribution in [1.29, 1.82) is 0 Å². The van der Waals surface area contributed by atoms with Crippen molar-refractivity contribution in [3.8, 4) is 0 Å². The second-order valence-electron chi connectivity index (χ2n) is 2.94. The topological polar surface area (TPSA) is 18.5 Å². The highest BCUT2D eigenvalue weighted by Crippen LogP contribution is 2.06. The summed E-state index contributed by atoms with van der Waals surface area (Å²) < 4.78 is 10.1. The lowest BCUT2D eigenvalue weighted by Crippen LogP contribution is -2.19. The highest BCUT2D eigenvalue weighted by atomic mass is 16.5. The normalized spacial score (nSPS) is 14.1. The quantitative estimate of drug-likeness (QED) is 0.587. The predicted molar refractivity (Wildman–Crippen MR) is 42.1 cm³/mol. The number of hydrogen-bond acceptors (Lipinski definition) is 2. The van der Waals surface area contributed by atoms with Gasteiger partial charge in [-0.3, -0.25) is 0 Å². The zero-order chi connectivity index (χ0) is 7.98. The molecule has 0 aliphatic carbocycles. The lowest BCUT2D eigenvalue weighted by molar-refractivity contribution is 0.0165. The maximum absolute atomic E-state index is 5.18. The van der Waals surface area contributed by atoms with E-state index in [1.54, 1.807) is 14.2 Å². The number of rotatable bonds is 5. The Morgan fingerprint density at radius 1 is 1.20 bits per heavy atom. The monoisotopic (exact) mass is 146 g/mol. The maximum Gasteiger partial charge on any atom is 0.0807 e. The molecule has 0 aromatic heterocycles. The van der Waals surface area contributed by atoms with E-state index in [4.69, 9.17) is 9.47 Å². The van der Waals surface area contributed by atoms with Crippen LogP contribution in [0.4, 0.5) is 0 Å². The second-order valence-corrected chi connectivity index (χ2v) is 2.94. The summed E-state index contributed by atoms with van der Waals surface area (Å²) in [7, 11) is 3.43. The smallest absolute Gasteiger partial charge is 0.0807 e. The second kappa shape index (κ2) is 5.69. The maximum atomic E-state index is 5.18. The van der Waals surface area contributed by atoms with Crippen molar-refractivity contribution in [3.63, 3.8) is 0 Å². The Balaban J connectivity index is 3.39. The Bertz CT molecular complexity index is 71.7. The van der Waals surface area contributed by atoms with Crippen LogP contribution < -0.4 is 0 Å². The highest BCUT2D eigenvalue weighted by molar-refractivity contribution is 4.58. The first-order valence-corrected chi connectivity index (χ1v) is 3.72. The van der Waals surface area contributed by atoms with Crippen LogP contribution in [0.15, 0.2) is 0 Å². The third-order valence-corrected chi connectivity index (χ3v) is 1.42. The van der Waals surface area contributed by atoms with Crippen LogP contribution in [0, 0.1) is 5.92 Å². The Hall–Kier alpha value is -0.0800. The van der Waals surface area contributed by atoms with Crippen LogP contribution in [0.2, 0.25) is 0 Å². The van der Waals surface area contributed by atoms with E-state index in [1.807, 2.05) is 0 Å². The van der Waals surface area contributed by atoms with Gasteiger partial charge < -0.3 is 9.47 Å². The van der Waals surface area contributed by atoms with Crippen LogP contribution in [0.5, 0.6) is 0 Å². The predicted octanol–water partition coefficient (Wildman–Crippen LogP) is 1.69. The molecule has 0 radical (unpaired) electrons. The summed E-state index contributed by atoms with van der Waals surface area (Å²) in [5.41, 5.74) is 0. The van der Waals surface area contributed by atoms with Gasteiger partial charge in [0.05, 0.1) is 12.7 Å². The van der Waals surface area contributed by atoms with Crippen LogP contribution in [-0.4, -0.2) is 26.9 Å². The Kier molecular flexibility index (Phi) is 5.64. The van der Waals surface area contributed by atoms with Gasteiger partial charge in [0.25, 0.3) is 0 Å². The molecular formula is C8H18O2. The van der Waals surface area contributed by atoms with Crippen LogP contribution in [0.3, 0.4) is 0 Å². The molecular weight excluding hydrogens is 128 g/mol. The highest BCUT2D eigenvalue weighted by Gasteiger charge is 2.07. The molecule has 0 bridgehead atoms. The summed E-state index contributed by atoms with van der Waals surface area (Å²) in [6.07, 6.45) is 1.34.